The highest BCUT2D eigenvalue weighted by Gasteiger charge is 2.23. The van der Waals surface area contributed by atoms with Crippen molar-refractivity contribution in [3.05, 3.63) is 29.1 Å². The molecule has 1 atom stereocenters. The van der Waals surface area contributed by atoms with Gasteiger partial charge in [-0.25, -0.2) is 0 Å². The lowest BCUT2D eigenvalue weighted by Gasteiger charge is -2.18. The Kier molecular flexibility index (Phi) is 4.64. The summed E-state index contributed by atoms with van der Waals surface area (Å²) in [6.07, 6.45) is 2.26. The van der Waals surface area contributed by atoms with Gasteiger partial charge in [0.25, 0.3) is 0 Å². The van der Waals surface area contributed by atoms with E-state index in [4.69, 9.17) is 20.9 Å². The van der Waals surface area contributed by atoms with Gasteiger partial charge in [-0.05, 0) is 51.4 Å². The van der Waals surface area contributed by atoms with Gasteiger partial charge < -0.3 is 14.6 Å². The van der Waals surface area contributed by atoms with Gasteiger partial charge in [-0.2, -0.15) is 4.98 Å². The first kappa shape index (κ1) is 15.3. The van der Waals surface area contributed by atoms with Gasteiger partial charge in [-0.3, -0.25) is 0 Å². The zero-order chi connectivity index (χ0) is 15.5. The average Bonchev–Trinajstić information content (AvgIpc) is 2.99. The molecule has 5 nitrogen and oxygen atoms in total. The van der Waals surface area contributed by atoms with Crippen LogP contribution in [-0.2, 0) is 0 Å². The molecule has 1 aromatic carbocycles. The monoisotopic (exact) mass is 321 g/mol. The van der Waals surface area contributed by atoms with E-state index in [1.165, 1.54) is 0 Å². The molecule has 0 unspecified atom stereocenters. The molecule has 0 bridgehead atoms. The van der Waals surface area contributed by atoms with Crippen molar-refractivity contribution in [2.24, 2.45) is 0 Å². The van der Waals surface area contributed by atoms with Gasteiger partial charge in [0.05, 0.1) is 17.6 Å². The number of benzene rings is 1. The summed E-state index contributed by atoms with van der Waals surface area (Å²) in [5.74, 6) is 2.20. The molecule has 1 fully saturated rings. The lowest BCUT2D eigenvalue weighted by atomic mass is 10.00. The van der Waals surface area contributed by atoms with Crippen LogP contribution in [0.2, 0.25) is 5.02 Å². The second kappa shape index (κ2) is 6.67. The van der Waals surface area contributed by atoms with E-state index in [-0.39, 0.29) is 12.0 Å². The summed E-state index contributed by atoms with van der Waals surface area (Å²) < 4.78 is 11.3. The van der Waals surface area contributed by atoms with E-state index in [9.17, 15) is 0 Å². The molecule has 2 heterocycles. The molecule has 1 N–H and O–H groups in total. The number of hydrogen-bond donors (Lipinski definition) is 1. The van der Waals surface area contributed by atoms with E-state index in [0.717, 1.165) is 31.5 Å². The molecule has 1 aliphatic rings. The van der Waals surface area contributed by atoms with Gasteiger partial charge >= 0.3 is 0 Å². The van der Waals surface area contributed by atoms with Gasteiger partial charge in [-0.1, -0.05) is 16.8 Å². The Hall–Kier alpha value is -1.59. The summed E-state index contributed by atoms with van der Waals surface area (Å²) in [6, 6.07) is 5.46. The normalized spacial score (nSPS) is 18.6. The number of ether oxygens (including phenoxy) is 1. The van der Waals surface area contributed by atoms with Crippen molar-refractivity contribution < 1.29 is 9.26 Å². The maximum Gasteiger partial charge on any atom is 0.231 e. The molecule has 3 rings (SSSR count). The van der Waals surface area contributed by atoms with E-state index >= 15 is 0 Å². The quantitative estimate of drug-likeness (QED) is 0.931. The van der Waals surface area contributed by atoms with Crippen molar-refractivity contribution in [3.8, 4) is 17.1 Å². The van der Waals surface area contributed by atoms with Crippen LogP contribution in [0.3, 0.4) is 0 Å². The maximum absolute atomic E-state index is 6.11. The maximum atomic E-state index is 6.11. The second-order valence-corrected chi connectivity index (χ2v) is 6.24. The van der Waals surface area contributed by atoms with E-state index in [1.807, 2.05) is 26.0 Å². The Labute approximate surface area is 135 Å². The van der Waals surface area contributed by atoms with Crippen LogP contribution in [0.4, 0.5) is 0 Å². The minimum absolute atomic E-state index is 0.0637. The lowest BCUT2D eigenvalue weighted by Crippen LogP contribution is -2.28. The average molecular weight is 322 g/mol. The molecule has 2 aromatic rings. The molecule has 1 aromatic heterocycles. The van der Waals surface area contributed by atoms with Crippen molar-refractivity contribution in [3.63, 3.8) is 0 Å². The first-order valence-electron chi connectivity index (χ1n) is 7.64. The van der Waals surface area contributed by atoms with Crippen LogP contribution in [0.5, 0.6) is 5.75 Å². The molecule has 22 heavy (non-hydrogen) atoms. The van der Waals surface area contributed by atoms with Crippen molar-refractivity contribution in [2.75, 3.05) is 13.1 Å². The summed E-state index contributed by atoms with van der Waals surface area (Å²) >= 11 is 6.11. The zero-order valence-corrected chi connectivity index (χ0v) is 13.6. The molecular weight excluding hydrogens is 302 g/mol. The minimum Gasteiger partial charge on any atom is -0.490 e. The summed E-state index contributed by atoms with van der Waals surface area (Å²) in [5.41, 5.74) is 0.764. The summed E-state index contributed by atoms with van der Waals surface area (Å²) in [7, 11) is 0. The highest BCUT2D eigenvalue weighted by molar-refractivity contribution is 6.30. The van der Waals surface area contributed by atoms with Crippen LogP contribution >= 0.6 is 11.6 Å². The van der Waals surface area contributed by atoms with Crippen LogP contribution in [0.1, 0.15) is 38.5 Å². The molecule has 6 heteroatoms. The molecule has 0 saturated carbocycles. The highest BCUT2D eigenvalue weighted by Crippen LogP contribution is 2.33. The topological polar surface area (TPSA) is 60.2 Å². The van der Waals surface area contributed by atoms with Crippen molar-refractivity contribution >= 4 is 11.6 Å². The van der Waals surface area contributed by atoms with Gasteiger partial charge in [-0.15, -0.1) is 0 Å². The largest absolute Gasteiger partial charge is 0.490 e. The zero-order valence-electron chi connectivity index (χ0n) is 12.8. The third kappa shape index (κ3) is 3.42. The van der Waals surface area contributed by atoms with E-state index < -0.39 is 0 Å². The summed E-state index contributed by atoms with van der Waals surface area (Å²) in [4.78, 5) is 4.56. The van der Waals surface area contributed by atoms with E-state index in [1.54, 1.807) is 6.07 Å². The molecule has 1 saturated heterocycles. The molecule has 1 aliphatic heterocycles. The standard InChI is InChI=1S/C16H20ClN3O2/c1-10(2)21-14-6-5-12(17)8-13(14)15-19-16(22-20-15)11-4-3-7-18-9-11/h5-6,8,10-11,18H,3-4,7,9H2,1-2H3/t11-/m0/s1. The smallest absolute Gasteiger partial charge is 0.231 e. The number of nitrogens with one attached hydrogen (secondary N) is 1. The number of aromatic nitrogens is 2. The summed E-state index contributed by atoms with van der Waals surface area (Å²) in [5, 5.41) is 8.10. The van der Waals surface area contributed by atoms with Gasteiger partial charge in [0.1, 0.15) is 5.75 Å². The minimum atomic E-state index is 0.0637. The number of halogens is 1. The van der Waals surface area contributed by atoms with Crippen LogP contribution in [-0.4, -0.2) is 29.3 Å². The number of rotatable bonds is 4. The predicted molar refractivity (Wildman–Crippen MR) is 85.4 cm³/mol. The number of piperidine rings is 1. The van der Waals surface area contributed by atoms with Crippen LogP contribution < -0.4 is 10.1 Å². The lowest BCUT2D eigenvalue weighted by molar-refractivity contribution is 0.243. The SMILES string of the molecule is CC(C)Oc1ccc(Cl)cc1-c1noc([C@H]2CCCNC2)n1. The molecule has 0 radical (unpaired) electrons. The molecular formula is C16H20ClN3O2. The number of nitrogens with zero attached hydrogens (tertiary/aromatic N) is 2. The molecule has 0 amide bonds. The highest BCUT2D eigenvalue weighted by atomic mass is 35.5. The van der Waals surface area contributed by atoms with Gasteiger partial charge in [0.15, 0.2) is 0 Å². The van der Waals surface area contributed by atoms with Crippen LogP contribution in [0.15, 0.2) is 22.7 Å². The van der Waals surface area contributed by atoms with Gasteiger partial charge in [0, 0.05) is 11.6 Å². The first-order valence-corrected chi connectivity index (χ1v) is 8.02. The van der Waals surface area contributed by atoms with Gasteiger partial charge in [0.2, 0.25) is 11.7 Å². The van der Waals surface area contributed by atoms with Crippen LogP contribution in [0, 0.1) is 0 Å². The van der Waals surface area contributed by atoms with Crippen molar-refractivity contribution in [1.29, 1.82) is 0 Å². The number of hydrogen-bond acceptors (Lipinski definition) is 5. The summed E-state index contributed by atoms with van der Waals surface area (Å²) in [6.45, 7) is 5.90. The second-order valence-electron chi connectivity index (χ2n) is 5.81. The third-order valence-electron chi connectivity index (χ3n) is 3.63. The van der Waals surface area contributed by atoms with Crippen molar-refractivity contribution in [2.45, 2.75) is 38.7 Å². The fourth-order valence-corrected chi connectivity index (χ4v) is 2.78. The Morgan fingerprint density at radius 1 is 1.41 bits per heavy atom. The van der Waals surface area contributed by atoms with Crippen molar-refractivity contribution in [1.82, 2.24) is 15.5 Å². The van der Waals surface area contributed by atoms with E-state index in [0.29, 0.717) is 22.5 Å². The Bertz CT molecular complexity index is 636. The van der Waals surface area contributed by atoms with E-state index in [2.05, 4.69) is 15.5 Å². The fourth-order valence-electron chi connectivity index (χ4n) is 2.61. The molecule has 0 aliphatic carbocycles. The predicted octanol–water partition coefficient (Wildman–Crippen LogP) is 3.64. The molecule has 0 spiro atoms. The Morgan fingerprint density at radius 2 is 2.27 bits per heavy atom. The fraction of sp³-hybridized carbons (Fsp3) is 0.500. The molecule has 118 valence electrons. The Morgan fingerprint density at radius 3 is 3.00 bits per heavy atom. The van der Waals surface area contributed by atoms with Crippen LogP contribution in [0.25, 0.3) is 11.4 Å². The first-order chi connectivity index (χ1) is 10.6. The Balaban J connectivity index is 1.90. The third-order valence-corrected chi connectivity index (χ3v) is 3.87.